The fraction of sp³-hybridized carbons (Fsp3) is 0.333. The first-order valence-corrected chi connectivity index (χ1v) is 10.1. The molecule has 0 atom stereocenters. The predicted molar refractivity (Wildman–Crippen MR) is 118 cm³/mol. The number of aryl methyl sites for hydroxylation is 3. The molecule has 1 aliphatic rings. The number of hydrogen-bond acceptors (Lipinski definition) is 4. The predicted octanol–water partition coefficient (Wildman–Crippen LogP) is 4.03. The number of amides is 1. The van der Waals surface area contributed by atoms with E-state index >= 15 is 0 Å². The quantitative estimate of drug-likeness (QED) is 0.620. The van der Waals surface area contributed by atoms with Crippen molar-refractivity contribution in [1.29, 1.82) is 5.26 Å². The molecule has 150 valence electrons. The van der Waals surface area contributed by atoms with Gasteiger partial charge in [-0.15, -0.1) is 0 Å². The standard InChI is InChI=1S/C24H28N4O/c1-4-20-9-6-8-19(3)23(20)26-24(29)21(16-25)17-27-11-13-28(14-12-27)22-10-5-7-18(2)15-22/h5-10,15,17H,4,11-14H2,1-3H3,(H,26,29)/b21-17-. The first-order chi connectivity index (χ1) is 14.0. The maximum atomic E-state index is 12.7. The Hall–Kier alpha value is -3.26. The van der Waals surface area contributed by atoms with Crippen molar-refractivity contribution < 1.29 is 4.79 Å². The van der Waals surface area contributed by atoms with E-state index in [-0.39, 0.29) is 11.5 Å². The molecule has 5 nitrogen and oxygen atoms in total. The molecule has 1 fully saturated rings. The van der Waals surface area contributed by atoms with E-state index in [1.165, 1.54) is 11.3 Å². The normalized spacial score (nSPS) is 14.5. The highest BCUT2D eigenvalue weighted by atomic mass is 16.1. The molecule has 3 rings (SSSR count). The number of anilines is 2. The molecule has 1 N–H and O–H groups in total. The first kappa shape index (κ1) is 20.5. The van der Waals surface area contributed by atoms with Gasteiger partial charge in [-0.2, -0.15) is 5.26 Å². The summed E-state index contributed by atoms with van der Waals surface area (Å²) in [5, 5.41) is 12.5. The second-order valence-electron chi connectivity index (χ2n) is 7.43. The fourth-order valence-corrected chi connectivity index (χ4v) is 3.64. The van der Waals surface area contributed by atoms with Crippen molar-refractivity contribution in [3.8, 4) is 6.07 Å². The van der Waals surface area contributed by atoms with Crippen molar-refractivity contribution in [2.24, 2.45) is 0 Å². The Kier molecular flexibility index (Phi) is 6.56. The number of carbonyl (C=O) groups excluding carboxylic acids is 1. The van der Waals surface area contributed by atoms with Crippen LogP contribution in [-0.2, 0) is 11.2 Å². The van der Waals surface area contributed by atoms with Gasteiger partial charge in [-0.3, -0.25) is 4.79 Å². The summed E-state index contributed by atoms with van der Waals surface area (Å²) >= 11 is 0. The Labute approximate surface area is 173 Å². The number of para-hydroxylation sites is 1. The van der Waals surface area contributed by atoms with Gasteiger partial charge >= 0.3 is 0 Å². The SMILES string of the molecule is CCc1cccc(C)c1NC(=O)/C(C#N)=C\N1CCN(c2cccc(C)c2)CC1. The third-order valence-corrected chi connectivity index (χ3v) is 5.34. The summed E-state index contributed by atoms with van der Waals surface area (Å²) in [5.41, 5.74) is 5.49. The van der Waals surface area contributed by atoms with Crippen molar-refractivity contribution >= 4 is 17.3 Å². The van der Waals surface area contributed by atoms with Crippen LogP contribution in [0.15, 0.2) is 54.2 Å². The van der Waals surface area contributed by atoms with E-state index in [1.807, 2.05) is 25.1 Å². The third kappa shape index (κ3) is 4.97. The van der Waals surface area contributed by atoms with E-state index in [9.17, 15) is 10.1 Å². The second-order valence-corrected chi connectivity index (χ2v) is 7.43. The van der Waals surface area contributed by atoms with Gasteiger partial charge in [-0.25, -0.2) is 0 Å². The largest absolute Gasteiger partial charge is 0.373 e. The minimum Gasteiger partial charge on any atom is -0.373 e. The number of nitrogens with zero attached hydrogens (tertiary/aromatic N) is 3. The summed E-state index contributed by atoms with van der Waals surface area (Å²) in [6.07, 6.45) is 2.52. The molecule has 1 amide bonds. The Morgan fingerprint density at radius 1 is 1.14 bits per heavy atom. The number of nitriles is 1. The van der Waals surface area contributed by atoms with Crippen molar-refractivity contribution in [2.45, 2.75) is 27.2 Å². The number of hydrogen-bond donors (Lipinski definition) is 1. The van der Waals surface area contributed by atoms with Crippen molar-refractivity contribution in [1.82, 2.24) is 4.90 Å². The lowest BCUT2D eigenvalue weighted by Crippen LogP contribution is -2.44. The molecule has 0 unspecified atom stereocenters. The van der Waals surface area contributed by atoms with Crippen LogP contribution in [0.25, 0.3) is 0 Å². The number of nitrogens with one attached hydrogen (secondary N) is 1. The Balaban J connectivity index is 1.66. The molecule has 1 heterocycles. The second kappa shape index (κ2) is 9.29. The topological polar surface area (TPSA) is 59.4 Å². The van der Waals surface area contributed by atoms with Gasteiger partial charge in [0.2, 0.25) is 0 Å². The van der Waals surface area contributed by atoms with Crippen LogP contribution in [0.1, 0.15) is 23.6 Å². The molecule has 5 heteroatoms. The van der Waals surface area contributed by atoms with Crippen LogP contribution >= 0.6 is 0 Å². The molecule has 0 saturated carbocycles. The lowest BCUT2D eigenvalue weighted by Gasteiger charge is -2.35. The minimum atomic E-state index is -0.349. The molecule has 1 saturated heterocycles. The highest BCUT2D eigenvalue weighted by Crippen LogP contribution is 2.22. The van der Waals surface area contributed by atoms with Crippen molar-refractivity contribution in [3.63, 3.8) is 0 Å². The van der Waals surface area contributed by atoms with Gasteiger partial charge in [0.05, 0.1) is 0 Å². The van der Waals surface area contributed by atoms with Crippen LogP contribution in [0.3, 0.4) is 0 Å². The summed E-state index contributed by atoms with van der Waals surface area (Å²) in [4.78, 5) is 17.1. The Morgan fingerprint density at radius 3 is 2.52 bits per heavy atom. The fourth-order valence-electron chi connectivity index (χ4n) is 3.64. The summed E-state index contributed by atoms with van der Waals surface area (Å²) in [5.74, 6) is -0.349. The van der Waals surface area contributed by atoms with Crippen LogP contribution in [0.5, 0.6) is 0 Å². The summed E-state index contributed by atoms with van der Waals surface area (Å²) < 4.78 is 0. The number of carbonyl (C=O) groups is 1. The molecule has 0 aliphatic carbocycles. The number of rotatable bonds is 5. The van der Waals surface area contributed by atoms with Crippen molar-refractivity contribution in [2.75, 3.05) is 36.4 Å². The van der Waals surface area contributed by atoms with Crippen LogP contribution in [0.4, 0.5) is 11.4 Å². The van der Waals surface area contributed by atoms with E-state index < -0.39 is 0 Å². The lowest BCUT2D eigenvalue weighted by atomic mass is 10.1. The van der Waals surface area contributed by atoms with Gasteiger partial charge in [-0.05, 0) is 49.1 Å². The smallest absolute Gasteiger partial charge is 0.267 e. The average Bonchev–Trinajstić information content (AvgIpc) is 2.73. The van der Waals surface area contributed by atoms with Crippen LogP contribution < -0.4 is 10.2 Å². The molecule has 2 aromatic rings. The highest BCUT2D eigenvalue weighted by Gasteiger charge is 2.18. The molecular formula is C24H28N4O. The van der Waals surface area contributed by atoms with E-state index in [4.69, 9.17) is 0 Å². The van der Waals surface area contributed by atoms with Crippen LogP contribution in [-0.4, -0.2) is 37.0 Å². The number of benzene rings is 2. The molecule has 0 bridgehead atoms. The highest BCUT2D eigenvalue weighted by molar-refractivity contribution is 6.07. The average molecular weight is 389 g/mol. The van der Waals surface area contributed by atoms with E-state index in [0.717, 1.165) is 49.4 Å². The summed E-state index contributed by atoms with van der Waals surface area (Å²) in [6.45, 7) is 9.39. The monoisotopic (exact) mass is 388 g/mol. The van der Waals surface area contributed by atoms with Crippen LogP contribution in [0.2, 0.25) is 0 Å². The lowest BCUT2D eigenvalue weighted by molar-refractivity contribution is -0.112. The van der Waals surface area contributed by atoms with E-state index in [1.54, 1.807) is 6.20 Å². The molecule has 29 heavy (non-hydrogen) atoms. The van der Waals surface area contributed by atoms with Gasteiger partial charge in [-0.1, -0.05) is 37.3 Å². The van der Waals surface area contributed by atoms with E-state index in [0.29, 0.717) is 0 Å². The zero-order chi connectivity index (χ0) is 20.8. The molecular weight excluding hydrogens is 360 g/mol. The molecule has 0 aromatic heterocycles. The van der Waals surface area contributed by atoms with Gasteiger partial charge in [0.25, 0.3) is 5.91 Å². The molecule has 1 aliphatic heterocycles. The molecule has 2 aromatic carbocycles. The maximum Gasteiger partial charge on any atom is 0.267 e. The summed E-state index contributed by atoms with van der Waals surface area (Å²) in [7, 11) is 0. The number of piperazine rings is 1. The van der Waals surface area contributed by atoms with E-state index in [2.05, 4.69) is 59.3 Å². The minimum absolute atomic E-state index is 0.138. The van der Waals surface area contributed by atoms with Gasteiger partial charge in [0, 0.05) is 43.8 Å². The summed E-state index contributed by atoms with van der Waals surface area (Å²) in [6, 6.07) is 16.5. The molecule has 0 radical (unpaired) electrons. The van der Waals surface area contributed by atoms with Crippen molar-refractivity contribution in [3.05, 3.63) is 70.9 Å². The van der Waals surface area contributed by atoms with Crippen LogP contribution in [0, 0.1) is 25.2 Å². The Bertz CT molecular complexity index is 950. The third-order valence-electron chi connectivity index (χ3n) is 5.34. The van der Waals surface area contributed by atoms with Gasteiger partial charge in [0.1, 0.15) is 11.6 Å². The van der Waals surface area contributed by atoms with Gasteiger partial charge in [0.15, 0.2) is 0 Å². The van der Waals surface area contributed by atoms with Gasteiger partial charge < -0.3 is 15.1 Å². The first-order valence-electron chi connectivity index (χ1n) is 10.1. The molecule has 0 spiro atoms. The zero-order valence-electron chi connectivity index (χ0n) is 17.4. The zero-order valence-corrected chi connectivity index (χ0v) is 17.4. The maximum absolute atomic E-state index is 12.7. The Morgan fingerprint density at radius 2 is 1.86 bits per heavy atom.